The van der Waals surface area contributed by atoms with Gasteiger partial charge in [0.1, 0.15) is 12.4 Å². The monoisotopic (exact) mass is 355 g/mol. The summed E-state index contributed by atoms with van der Waals surface area (Å²) in [6.45, 7) is 4.54. The Hall–Kier alpha value is -2.83. The number of carbonyl (C=O) groups excluding carboxylic acids is 1. The van der Waals surface area contributed by atoms with Gasteiger partial charge in [-0.05, 0) is 43.5 Å². The molecule has 26 heavy (non-hydrogen) atoms. The van der Waals surface area contributed by atoms with Crippen LogP contribution in [0.3, 0.4) is 0 Å². The fraction of sp³-hybridized carbons (Fsp3) is 0.421. The number of nitrogens with one attached hydrogen (secondary N) is 2. The van der Waals surface area contributed by atoms with E-state index < -0.39 is 0 Å². The third-order valence-corrected chi connectivity index (χ3v) is 4.24. The summed E-state index contributed by atoms with van der Waals surface area (Å²) in [5.41, 5.74) is 1.15. The number of urea groups is 1. The first-order valence-electron chi connectivity index (χ1n) is 8.96. The lowest BCUT2D eigenvalue weighted by Crippen LogP contribution is -2.51. The second-order valence-electron chi connectivity index (χ2n) is 6.40. The molecule has 0 unspecified atom stereocenters. The highest BCUT2D eigenvalue weighted by atomic mass is 16.5. The van der Waals surface area contributed by atoms with E-state index >= 15 is 0 Å². The van der Waals surface area contributed by atoms with Crippen LogP contribution in [0.2, 0.25) is 0 Å². The van der Waals surface area contributed by atoms with Gasteiger partial charge < -0.3 is 20.3 Å². The number of piperidine rings is 1. The molecule has 0 spiro atoms. The molecular weight excluding hydrogens is 330 g/mol. The third-order valence-electron chi connectivity index (χ3n) is 4.24. The van der Waals surface area contributed by atoms with E-state index in [0.717, 1.165) is 37.2 Å². The van der Waals surface area contributed by atoms with Gasteiger partial charge in [0.15, 0.2) is 0 Å². The first-order chi connectivity index (χ1) is 12.7. The molecule has 1 saturated heterocycles. The molecule has 1 aliphatic heterocycles. The number of aromatic nitrogens is 2. The van der Waals surface area contributed by atoms with Crippen LogP contribution >= 0.6 is 0 Å². The Labute approximate surface area is 153 Å². The zero-order chi connectivity index (χ0) is 18.2. The van der Waals surface area contributed by atoms with Gasteiger partial charge in [-0.25, -0.2) is 14.8 Å². The molecule has 1 atom stereocenters. The molecule has 2 aromatic rings. The van der Waals surface area contributed by atoms with Gasteiger partial charge in [-0.2, -0.15) is 0 Å². The average molecular weight is 355 g/mol. The summed E-state index contributed by atoms with van der Waals surface area (Å²) in [7, 11) is 0. The van der Waals surface area contributed by atoms with Crippen molar-refractivity contribution in [2.45, 2.75) is 25.8 Å². The normalized spacial score (nSPS) is 16.8. The van der Waals surface area contributed by atoms with Crippen LogP contribution in [-0.2, 0) is 0 Å². The van der Waals surface area contributed by atoms with Gasteiger partial charge >= 0.3 is 6.03 Å². The molecule has 1 aromatic heterocycles. The van der Waals surface area contributed by atoms with Crippen molar-refractivity contribution >= 4 is 12.0 Å². The molecule has 0 aliphatic carbocycles. The van der Waals surface area contributed by atoms with Gasteiger partial charge in [0.05, 0.1) is 6.54 Å². The molecule has 138 valence electrons. The zero-order valence-electron chi connectivity index (χ0n) is 15.0. The number of benzene rings is 1. The summed E-state index contributed by atoms with van der Waals surface area (Å²) >= 11 is 0. The number of hydrogen-bond donors (Lipinski definition) is 2. The molecule has 0 bridgehead atoms. The number of nitrogens with zero attached hydrogens (tertiary/aromatic N) is 3. The van der Waals surface area contributed by atoms with E-state index in [4.69, 9.17) is 4.74 Å². The molecule has 2 N–H and O–H groups in total. The summed E-state index contributed by atoms with van der Waals surface area (Å²) in [6.07, 6.45) is 5.43. The van der Waals surface area contributed by atoms with Gasteiger partial charge in [-0.15, -0.1) is 0 Å². The minimum Gasteiger partial charge on any atom is -0.492 e. The van der Waals surface area contributed by atoms with Crippen LogP contribution in [0.5, 0.6) is 5.75 Å². The van der Waals surface area contributed by atoms with Crippen LogP contribution in [0.4, 0.5) is 10.7 Å². The number of hydrogen-bond acceptors (Lipinski definition) is 5. The number of anilines is 1. The Morgan fingerprint density at radius 2 is 2.15 bits per heavy atom. The predicted molar refractivity (Wildman–Crippen MR) is 100 cm³/mol. The highest BCUT2D eigenvalue weighted by Gasteiger charge is 2.22. The molecule has 7 heteroatoms. The van der Waals surface area contributed by atoms with Crippen LogP contribution in [0.1, 0.15) is 18.4 Å². The minimum atomic E-state index is -0.168. The van der Waals surface area contributed by atoms with Gasteiger partial charge in [0, 0.05) is 31.5 Å². The van der Waals surface area contributed by atoms with Crippen LogP contribution in [0.15, 0.2) is 42.7 Å². The maximum atomic E-state index is 12.1. The molecule has 0 saturated carbocycles. The van der Waals surface area contributed by atoms with E-state index in [1.807, 2.05) is 31.2 Å². The van der Waals surface area contributed by atoms with Crippen molar-refractivity contribution < 1.29 is 9.53 Å². The minimum absolute atomic E-state index is 0.0882. The highest BCUT2D eigenvalue weighted by Crippen LogP contribution is 2.15. The number of ether oxygens (including phenoxy) is 1. The summed E-state index contributed by atoms with van der Waals surface area (Å²) < 4.78 is 5.63. The summed E-state index contributed by atoms with van der Waals surface area (Å²) in [6, 6.07) is 9.58. The van der Waals surface area contributed by atoms with Crippen molar-refractivity contribution in [2.75, 3.05) is 31.1 Å². The number of rotatable bonds is 6. The van der Waals surface area contributed by atoms with E-state index in [0.29, 0.717) is 19.1 Å². The van der Waals surface area contributed by atoms with Crippen molar-refractivity contribution in [3.63, 3.8) is 0 Å². The standard InChI is InChI=1S/C19H25N5O2/c1-15-5-2-7-17(13-15)26-12-10-22-19(25)23-16-6-3-11-24(14-16)18-20-8-4-9-21-18/h2,4-5,7-9,13,16H,3,6,10-12,14H2,1H3,(H2,22,23,25)/t16-/m1/s1. The molecule has 7 nitrogen and oxygen atoms in total. The summed E-state index contributed by atoms with van der Waals surface area (Å²) in [4.78, 5) is 22.8. The van der Waals surface area contributed by atoms with E-state index in [1.165, 1.54) is 0 Å². The Bertz CT molecular complexity index is 710. The quantitative estimate of drug-likeness (QED) is 0.776. The van der Waals surface area contributed by atoms with Crippen molar-refractivity contribution in [3.05, 3.63) is 48.3 Å². The van der Waals surface area contributed by atoms with Crippen LogP contribution in [-0.4, -0.2) is 48.3 Å². The number of carbonyl (C=O) groups is 1. The van der Waals surface area contributed by atoms with Crippen molar-refractivity contribution in [1.29, 1.82) is 0 Å². The number of amides is 2. The molecule has 1 fully saturated rings. The fourth-order valence-corrected chi connectivity index (χ4v) is 3.01. The van der Waals surface area contributed by atoms with Crippen LogP contribution in [0.25, 0.3) is 0 Å². The first-order valence-corrected chi connectivity index (χ1v) is 8.96. The van der Waals surface area contributed by atoms with Crippen molar-refractivity contribution in [3.8, 4) is 5.75 Å². The summed E-state index contributed by atoms with van der Waals surface area (Å²) in [5.74, 6) is 1.53. The lowest BCUT2D eigenvalue weighted by Gasteiger charge is -2.33. The molecule has 3 rings (SSSR count). The van der Waals surface area contributed by atoms with E-state index in [1.54, 1.807) is 18.5 Å². The zero-order valence-corrected chi connectivity index (χ0v) is 15.0. The second-order valence-corrected chi connectivity index (χ2v) is 6.40. The maximum Gasteiger partial charge on any atom is 0.315 e. The topological polar surface area (TPSA) is 79.4 Å². The second kappa shape index (κ2) is 9.03. The third kappa shape index (κ3) is 5.34. The smallest absolute Gasteiger partial charge is 0.315 e. The largest absolute Gasteiger partial charge is 0.492 e. The Morgan fingerprint density at radius 3 is 2.96 bits per heavy atom. The lowest BCUT2D eigenvalue weighted by atomic mass is 10.1. The van der Waals surface area contributed by atoms with Gasteiger partial charge in [-0.3, -0.25) is 0 Å². The molecule has 2 heterocycles. The SMILES string of the molecule is Cc1cccc(OCCNC(=O)N[C@@H]2CCCN(c3ncccn3)C2)c1. The highest BCUT2D eigenvalue weighted by molar-refractivity contribution is 5.74. The molecule has 1 aliphatic rings. The number of aryl methyl sites for hydroxylation is 1. The predicted octanol–water partition coefficient (Wildman–Crippen LogP) is 2.13. The maximum absolute atomic E-state index is 12.1. The Kier molecular flexibility index (Phi) is 6.24. The average Bonchev–Trinajstić information content (AvgIpc) is 2.66. The van der Waals surface area contributed by atoms with Crippen LogP contribution < -0.4 is 20.3 Å². The summed E-state index contributed by atoms with van der Waals surface area (Å²) in [5, 5.41) is 5.87. The molecular formula is C19H25N5O2. The first kappa shape index (κ1) is 18.0. The van der Waals surface area contributed by atoms with E-state index in [-0.39, 0.29) is 12.1 Å². The van der Waals surface area contributed by atoms with Gasteiger partial charge in [-0.1, -0.05) is 12.1 Å². The van der Waals surface area contributed by atoms with Crippen molar-refractivity contribution in [1.82, 2.24) is 20.6 Å². The van der Waals surface area contributed by atoms with Gasteiger partial charge in [0.2, 0.25) is 5.95 Å². The van der Waals surface area contributed by atoms with E-state index in [2.05, 4.69) is 25.5 Å². The van der Waals surface area contributed by atoms with Crippen LogP contribution in [0, 0.1) is 6.92 Å². The van der Waals surface area contributed by atoms with Gasteiger partial charge in [0.25, 0.3) is 0 Å². The molecule has 2 amide bonds. The molecule has 0 radical (unpaired) electrons. The molecule has 1 aromatic carbocycles. The fourth-order valence-electron chi connectivity index (χ4n) is 3.01. The van der Waals surface area contributed by atoms with E-state index in [9.17, 15) is 4.79 Å². The van der Waals surface area contributed by atoms with Crippen molar-refractivity contribution in [2.24, 2.45) is 0 Å². The lowest BCUT2D eigenvalue weighted by molar-refractivity contribution is 0.231. The Balaban J connectivity index is 1.37. The Morgan fingerprint density at radius 1 is 1.31 bits per heavy atom.